The van der Waals surface area contributed by atoms with Crippen LogP contribution in [0.5, 0.6) is 0 Å². The molecule has 1 aliphatic rings. The third-order valence-electron chi connectivity index (χ3n) is 4.00. The topological polar surface area (TPSA) is 23.6 Å². The molecule has 1 aliphatic heterocycles. The molecule has 1 aromatic rings. The molecule has 1 heterocycles. The van der Waals surface area contributed by atoms with Crippen molar-refractivity contribution in [2.45, 2.75) is 39.0 Å². The van der Waals surface area contributed by atoms with Gasteiger partial charge in [0.05, 0.1) is 0 Å². The summed E-state index contributed by atoms with van der Waals surface area (Å²) in [4.78, 5) is 16.5. The molecular weight excluding hydrogens is 248 g/mol. The number of unbranched alkanes of at least 4 members (excludes halogenated alkanes) is 3. The molecule has 1 saturated heterocycles. The Morgan fingerprint density at radius 2 is 1.70 bits per heavy atom. The lowest BCUT2D eigenvalue weighted by molar-refractivity contribution is -0.131. The molecule has 1 aromatic carbocycles. The van der Waals surface area contributed by atoms with E-state index in [2.05, 4.69) is 36.1 Å². The Bertz CT molecular complexity index is 397. The van der Waals surface area contributed by atoms with Crippen molar-refractivity contribution in [1.29, 1.82) is 0 Å². The van der Waals surface area contributed by atoms with E-state index < -0.39 is 0 Å². The Labute approximate surface area is 122 Å². The minimum Gasteiger partial charge on any atom is -0.368 e. The Kier molecular flexibility index (Phi) is 5.90. The number of nitrogens with zero attached hydrogens (tertiary/aromatic N) is 2. The van der Waals surface area contributed by atoms with Crippen molar-refractivity contribution in [2.24, 2.45) is 0 Å². The van der Waals surface area contributed by atoms with Crippen LogP contribution in [-0.2, 0) is 4.79 Å². The lowest BCUT2D eigenvalue weighted by Crippen LogP contribution is -2.48. The average molecular weight is 274 g/mol. The van der Waals surface area contributed by atoms with Gasteiger partial charge in [-0.1, -0.05) is 44.4 Å². The van der Waals surface area contributed by atoms with E-state index in [0.717, 1.165) is 39.0 Å². The van der Waals surface area contributed by atoms with Gasteiger partial charge in [-0.3, -0.25) is 4.79 Å². The first-order chi connectivity index (χ1) is 9.81. The summed E-state index contributed by atoms with van der Waals surface area (Å²) >= 11 is 0. The Morgan fingerprint density at radius 1 is 1.00 bits per heavy atom. The second-order valence-electron chi connectivity index (χ2n) is 5.51. The molecule has 0 unspecified atom stereocenters. The van der Waals surface area contributed by atoms with E-state index in [0.29, 0.717) is 5.91 Å². The first kappa shape index (κ1) is 14.9. The number of benzene rings is 1. The number of piperazine rings is 1. The van der Waals surface area contributed by atoms with E-state index in [1.165, 1.54) is 24.9 Å². The molecule has 0 saturated carbocycles. The largest absolute Gasteiger partial charge is 0.368 e. The fraction of sp³-hybridized carbons (Fsp3) is 0.588. The van der Waals surface area contributed by atoms with Gasteiger partial charge in [-0.2, -0.15) is 0 Å². The second kappa shape index (κ2) is 7.93. The van der Waals surface area contributed by atoms with E-state index in [9.17, 15) is 4.79 Å². The van der Waals surface area contributed by atoms with Gasteiger partial charge in [-0.25, -0.2) is 0 Å². The highest BCUT2D eigenvalue weighted by Gasteiger charge is 2.20. The van der Waals surface area contributed by atoms with E-state index in [-0.39, 0.29) is 0 Å². The third kappa shape index (κ3) is 4.26. The average Bonchev–Trinajstić information content (AvgIpc) is 2.52. The first-order valence-electron chi connectivity index (χ1n) is 7.89. The fourth-order valence-electron chi connectivity index (χ4n) is 2.71. The summed E-state index contributed by atoms with van der Waals surface area (Å²) in [6.45, 7) is 5.82. The van der Waals surface area contributed by atoms with Crippen LogP contribution in [0.2, 0.25) is 0 Å². The lowest BCUT2D eigenvalue weighted by Gasteiger charge is -2.36. The first-order valence-corrected chi connectivity index (χ1v) is 7.89. The van der Waals surface area contributed by atoms with Crippen LogP contribution >= 0.6 is 0 Å². The summed E-state index contributed by atoms with van der Waals surface area (Å²) < 4.78 is 0. The number of carbonyl (C=O) groups is 1. The number of carbonyl (C=O) groups excluding carboxylic acids is 1. The fourth-order valence-corrected chi connectivity index (χ4v) is 2.71. The van der Waals surface area contributed by atoms with Crippen molar-refractivity contribution in [3.63, 3.8) is 0 Å². The van der Waals surface area contributed by atoms with Crippen LogP contribution in [0, 0.1) is 0 Å². The Hall–Kier alpha value is -1.51. The van der Waals surface area contributed by atoms with Crippen molar-refractivity contribution in [2.75, 3.05) is 31.1 Å². The lowest BCUT2D eigenvalue weighted by atomic mass is 10.1. The van der Waals surface area contributed by atoms with Gasteiger partial charge >= 0.3 is 0 Å². The highest BCUT2D eigenvalue weighted by molar-refractivity contribution is 5.76. The highest BCUT2D eigenvalue weighted by atomic mass is 16.2. The maximum Gasteiger partial charge on any atom is 0.222 e. The van der Waals surface area contributed by atoms with Crippen LogP contribution in [0.15, 0.2) is 30.3 Å². The molecule has 3 nitrogen and oxygen atoms in total. The predicted octanol–water partition coefficient (Wildman–Crippen LogP) is 3.31. The van der Waals surface area contributed by atoms with Gasteiger partial charge in [0.2, 0.25) is 5.91 Å². The molecule has 0 aliphatic carbocycles. The predicted molar refractivity (Wildman–Crippen MR) is 84.0 cm³/mol. The zero-order chi connectivity index (χ0) is 14.2. The number of amides is 1. The summed E-state index contributed by atoms with van der Waals surface area (Å²) in [5.74, 6) is 0.341. The maximum absolute atomic E-state index is 12.1. The van der Waals surface area contributed by atoms with Gasteiger partial charge in [0.1, 0.15) is 0 Å². The van der Waals surface area contributed by atoms with Crippen LogP contribution in [0.1, 0.15) is 39.0 Å². The number of hydrogen-bond acceptors (Lipinski definition) is 2. The van der Waals surface area contributed by atoms with Crippen molar-refractivity contribution in [3.05, 3.63) is 30.3 Å². The number of anilines is 1. The van der Waals surface area contributed by atoms with Crippen molar-refractivity contribution >= 4 is 11.6 Å². The molecule has 3 heteroatoms. The van der Waals surface area contributed by atoms with Gasteiger partial charge in [0, 0.05) is 38.3 Å². The Balaban J connectivity index is 1.72. The monoisotopic (exact) mass is 274 g/mol. The molecule has 0 bridgehead atoms. The smallest absolute Gasteiger partial charge is 0.222 e. The third-order valence-corrected chi connectivity index (χ3v) is 4.00. The molecule has 0 spiro atoms. The Morgan fingerprint density at radius 3 is 2.35 bits per heavy atom. The maximum atomic E-state index is 12.1. The van der Waals surface area contributed by atoms with E-state index in [1.54, 1.807) is 0 Å². The zero-order valence-electron chi connectivity index (χ0n) is 12.6. The molecule has 110 valence electrons. The van der Waals surface area contributed by atoms with Gasteiger partial charge < -0.3 is 9.80 Å². The van der Waals surface area contributed by atoms with Crippen LogP contribution < -0.4 is 4.90 Å². The molecular formula is C17H26N2O. The highest BCUT2D eigenvalue weighted by Crippen LogP contribution is 2.16. The molecule has 0 aromatic heterocycles. The summed E-state index contributed by atoms with van der Waals surface area (Å²) in [6.07, 6.45) is 5.43. The van der Waals surface area contributed by atoms with Gasteiger partial charge in [-0.15, -0.1) is 0 Å². The normalized spacial score (nSPS) is 15.4. The standard InChI is InChI=1S/C17H26N2O/c1-2-3-4-8-11-17(20)19-14-12-18(13-15-19)16-9-6-5-7-10-16/h5-7,9-10H,2-4,8,11-15H2,1H3. The molecule has 1 amide bonds. The number of para-hydroxylation sites is 1. The second-order valence-corrected chi connectivity index (χ2v) is 5.51. The van der Waals surface area contributed by atoms with E-state index in [1.807, 2.05) is 11.0 Å². The van der Waals surface area contributed by atoms with Crippen LogP contribution in [0.4, 0.5) is 5.69 Å². The van der Waals surface area contributed by atoms with Crippen molar-refractivity contribution in [3.8, 4) is 0 Å². The van der Waals surface area contributed by atoms with E-state index in [4.69, 9.17) is 0 Å². The van der Waals surface area contributed by atoms with Gasteiger partial charge in [0.15, 0.2) is 0 Å². The minimum absolute atomic E-state index is 0.341. The summed E-state index contributed by atoms with van der Waals surface area (Å²) in [6, 6.07) is 10.5. The number of hydrogen-bond donors (Lipinski definition) is 0. The quantitative estimate of drug-likeness (QED) is 0.743. The van der Waals surface area contributed by atoms with Crippen LogP contribution in [0.3, 0.4) is 0 Å². The van der Waals surface area contributed by atoms with Gasteiger partial charge in [0.25, 0.3) is 0 Å². The summed E-state index contributed by atoms with van der Waals surface area (Å²) in [5, 5.41) is 0. The van der Waals surface area contributed by atoms with Crippen molar-refractivity contribution < 1.29 is 4.79 Å². The SMILES string of the molecule is CCCCCCC(=O)N1CCN(c2ccccc2)CC1. The van der Waals surface area contributed by atoms with E-state index >= 15 is 0 Å². The van der Waals surface area contributed by atoms with Crippen LogP contribution in [0.25, 0.3) is 0 Å². The minimum atomic E-state index is 0.341. The molecule has 0 radical (unpaired) electrons. The molecule has 2 rings (SSSR count). The zero-order valence-corrected chi connectivity index (χ0v) is 12.6. The van der Waals surface area contributed by atoms with Crippen molar-refractivity contribution in [1.82, 2.24) is 4.90 Å². The van der Waals surface area contributed by atoms with Gasteiger partial charge in [-0.05, 0) is 18.6 Å². The molecule has 20 heavy (non-hydrogen) atoms. The number of rotatable bonds is 6. The molecule has 0 atom stereocenters. The summed E-state index contributed by atoms with van der Waals surface area (Å²) in [7, 11) is 0. The molecule has 1 fully saturated rings. The molecule has 0 N–H and O–H groups in total. The summed E-state index contributed by atoms with van der Waals surface area (Å²) in [5.41, 5.74) is 1.27. The van der Waals surface area contributed by atoms with Crippen LogP contribution in [-0.4, -0.2) is 37.0 Å².